The first-order valence-electron chi connectivity index (χ1n) is 6.41. The van der Waals surface area contributed by atoms with Gasteiger partial charge in [-0.3, -0.25) is 0 Å². The molecule has 3 nitrogen and oxygen atoms in total. The summed E-state index contributed by atoms with van der Waals surface area (Å²) in [6, 6.07) is 0. The lowest BCUT2D eigenvalue weighted by molar-refractivity contribution is -0.137. The van der Waals surface area contributed by atoms with Gasteiger partial charge in [0.05, 0.1) is 6.10 Å². The predicted octanol–water partition coefficient (Wildman–Crippen LogP) is 2.52. The van der Waals surface area contributed by atoms with Gasteiger partial charge in [0.15, 0.2) is 0 Å². The minimum absolute atomic E-state index is 0.00713. The summed E-state index contributed by atoms with van der Waals surface area (Å²) in [5, 5.41) is 9.96. The molecule has 0 bridgehead atoms. The molecular weight excluding hydrogens is 228 g/mol. The van der Waals surface area contributed by atoms with Crippen molar-refractivity contribution in [1.29, 1.82) is 0 Å². The Hall–Kier alpha value is -1.35. The van der Waals surface area contributed by atoms with Crippen molar-refractivity contribution in [3.8, 4) is 0 Å². The van der Waals surface area contributed by atoms with Gasteiger partial charge in [-0.25, -0.2) is 4.79 Å². The Balaban J connectivity index is 2.28. The summed E-state index contributed by atoms with van der Waals surface area (Å²) in [7, 11) is 0. The second-order valence-corrected chi connectivity index (χ2v) is 5.25. The van der Waals surface area contributed by atoms with Crippen LogP contribution in [0.25, 0.3) is 0 Å². The first kappa shape index (κ1) is 13.1. The van der Waals surface area contributed by atoms with E-state index in [0.717, 1.165) is 24.0 Å². The molecule has 2 aliphatic rings. The third-order valence-electron chi connectivity index (χ3n) is 3.83. The van der Waals surface area contributed by atoms with Gasteiger partial charge in [-0.15, -0.1) is 0 Å². The maximum atomic E-state index is 11.6. The van der Waals surface area contributed by atoms with Crippen LogP contribution in [0.2, 0.25) is 0 Å². The van der Waals surface area contributed by atoms with Crippen LogP contribution in [-0.2, 0) is 9.53 Å². The predicted molar refractivity (Wildman–Crippen MR) is 69.9 cm³/mol. The number of ether oxygens (including phenoxy) is 1. The highest BCUT2D eigenvalue weighted by Gasteiger charge is 2.36. The van der Waals surface area contributed by atoms with Crippen LogP contribution in [0.1, 0.15) is 33.1 Å². The molecule has 0 aromatic heterocycles. The summed E-state index contributed by atoms with van der Waals surface area (Å²) in [4.78, 5) is 11.6. The number of hydrogen-bond acceptors (Lipinski definition) is 3. The largest absolute Gasteiger partial charge is 0.454 e. The summed E-state index contributed by atoms with van der Waals surface area (Å²) in [6.45, 7) is 7.76. The zero-order chi connectivity index (χ0) is 13.3. The molecule has 0 aromatic carbocycles. The molecule has 1 heterocycles. The fourth-order valence-corrected chi connectivity index (χ4v) is 2.46. The highest BCUT2D eigenvalue weighted by atomic mass is 16.5. The molecule has 0 amide bonds. The fraction of sp³-hybridized carbons (Fsp3) is 0.533. The van der Waals surface area contributed by atoms with Crippen molar-refractivity contribution in [2.45, 2.75) is 45.3 Å². The summed E-state index contributed by atoms with van der Waals surface area (Å²) in [5.74, 6) is -0.285. The zero-order valence-corrected chi connectivity index (χ0v) is 11.0. The lowest BCUT2D eigenvalue weighted by Crippen LogP contribution is -2.17. The normalized spacial score (nSPS) is 33.4. The van der Waals surface area contributed by atoms with Crippen LogP contribution in [0.5, 0.6) is 0 Å². The Morgan fingerprint density at radius 1 is 1.44 bits per heavy atom. The van der Waals surface area contributed by atoms with Crippen LogP contribution in [0.15, 0.2) is 35.5 Å². The molecule has 0 aromatic rings. The second-order valence-electron chi connectivity index (χ2n) is 5.25. The van der Waals surface area contributed by atoms with Gasteiger partial charge < -0.3 is 9.84 Å². The van der Waals surface area contributed by atoms with Gasteiger partial charge in [0.1, 0.15) is 6.10 Å². The number of carbonyl (C=O) groups is 1. The average molecular weight is 248 g/mol. The lowest BCUT2D eigenvalue weighted by atomic mass is 9.89. The summed E-state index contributed by atoms with van der Waals surface area (Å²) >= 11 is 0. The number of aliphatic hydroxyl groups is 1. The molecule has 1 aliphatic carbocycles. The van der Waals surface area contributed by atoms with E-state index in [1.165, 1.54) is 0 Å². The molecule has 3 unspecified atom stereocenters. The molecule has 3 atom stereocenters. The Labute approximate surface area is 108 Å². The Bertz CT molecular complexity index is 431. The number of allylic oxidation sites excluding steroid dienone is 2. The van der Waals surface area contributed by atoms with Crippen molar-refractivity contribution < 1.29 is 14.6 Å². The van der Waals surface area contributed by atoms with Crippen LogP contribution in [0.4, 0.5) is 0 Å². The Kier molecular flexibility index (Phi) is 3.71. The van der Waals surface area contributed by atoms with Crippen molar-refractivity contribution in [2.75, 3.05) is 0 Å². The second kappa shape index (κ2) is 5.11. The van der Waals surface area contributed by atoms with Gasteiger partial charge in [-0.2, -0.15) is 0 Å². The van der Waals surface area contributed by atoms with Crippen molar-refractivity contribution in [3.63, 3.8) is 0 Å². The van der Waals surface area contributed by atoms with Gasteiger partial charge in [-0.05, 0) is 44.8 Å². The van der Waals surface area contributed by atoms with Crippen molar-refractivity contribution in [2.24, 2.45) is 5.92 Å². The van der Waals surface area contributed by atoms with E-state index in [1.807, 2.05) is 26.0 Å². The molecule has 0 saturated carbocycles. The van der Waals surface area contributed by atoms with E-state index < -0.39 is 6.10 Å². The van der Waals surface area contributed by atoms with E-state index >= 15 is 0 Å². The molecule has 0 radical (unpaired) electrons. The number of carbonyl (C=O) groups excluding carboxylic acids is 1. The average Bonchev–Trinajstić information content (AvgIpc) is 2.58. The third kappa shape index (κ3) is 2.56. The maximum absolute atomic E-state index is 11.6. The first-order valence-corrected chi connectivity index (χ1v) is 6.41. The first-order chi connectivity index (χ1) is 8.49. The van der Waals surface area contributed by atoms with Gasteiger partial charge >= 0.3 is 5.97 Å². The zero-order valence-electron chi connectivity index (χ0n) is 11.0. The topological polar surface area (TPSA) is 46.5 Å². The van der Waals surface area contributed by atoms with E-state index in [2.05, 4.69) is 6.58 Å². The van der Waals surface area contributed by atoms with Crippen LogP contribution >= 0.6 is 0 Å². The quantitative estimate of drug-likeness (QED) is 0.407. The molecule has 98 valence electrons. The van der Waals surface area contributed by atoms with Crippen molar-refractivity contribution in [1.82, 2.24) is 0 Å². The molecule has 18 heavy (non-hydrogen) atoms. The third-order valence-corrected chi connectivity index (χ3v) is 3.83. The highest BCUT2D eigenvalue weighted by molar-refractivity contribution is 5.91. The van der Waals surface area contributed by atoms with Crippen LogP contribution in [0.3, 0.4) is 0 Å². The van der Waals surface area contributed by atoms with Crippen LogP contribution < -0.4 is 0 Å². The SMILES string of the molecule is C=C1C(=O)OC2C=C(C)CCC(O)C(C)=CCC12. The van der Waals surface area contributed by atoms with Gasteiger partial charge in [0.25, 0.3) is 0 Å². The van der Waals surface area contributed by atoms with E-state index in [-0.39, 0.29) is 18.0 Å². The smallest absolute Gasteiger partial charge is 0.334 e. The molecule has 1 saturated heterocycles. The van der Waals surface area contributed by atoms with E-state index in [9.17, 15) is 9.90 Å². The fourth-order valence-electron chi connectivity index (χ4n) is 2.46. The van der Waals surface area contributed by atoms with Gasteiger partial charge in [0, 0.05) is 11.5 Å². The summed E-state index contributed by atoms with van der Waals surface area (Å²) < 4.78 is 5.34. The number of aliphatic hydroxyl groups excluding tert-OH is 1. The molecule has 0 spiro atoms. The molecule has 3 heteroatoms. The van der Waals surface area contributed by atoms with Crippen molar-refractivity contribution >= 4 is 5.97 Å². The van der Waals surface area contributed by atoms with E-state index in [0.29, 0.717) is 12.0 Å². The summed E-state index contributed by atoms with van der Waals surface area (Å²) in [6.07, 6.45) is 5.66. The summed E-state index contributed by atoms with van der Waals surface area (Å²) in [5.41, 5.74) is 2.67. The number of fused-ring (bicyclic) bond motifs is 1. The van der Waals surface area contributed by atoms with Crippen LogP contribution in [-0.4, -0.2) is 23.3 Å². The number of rotatable bonds is 0. The Morgan fingerprint density at radius 3 is 2.89 bits per heavy atom. The number of esters is 1. The minimum Gasteiger partial charge on any atom is -0.454 e. The molecule has 1 aliphatic heterocycles. The van der Waals surface area contributed by atoms with Crippen LogP contribution in [0, 0.1) is 5.92 Å². The molecular formula is C15H20O3. The monoisotopic (exact) mass is 248 g/mol. The maximum Gasteiger partial charge on any atom is 0.334 e. The molecule has 1 fully saturated rings. The molecule has 1 N–H and O–H groups in total. The number of hydrogen-bond donors (Lipinski definition) is 1. The Morgan fingerprint density at radius 2 is 2.17 bits per heavy atom. The molecule has 2 rings (SSSR count). The highest BCUT2D eigenvalue weighted by Crippen LogP contribution is 2.33. The van der Waals surface area contributed by atoms with Gasteiger partial charge in [-0.1, -0.05) is 18.2 Å². The van der Waals surface area contributed by atoms with Crippen molar-refractivity contribution in [3.05, 3.63) is 35.5 Å². The van der Waals surface area contributed by atoms with Gasteiger partial charge in [0.2, 0.25) is 0 Å². The standard InChI is InChI=1S/C15H20O3/c1-9-4-7-13(16)10(2)5-6-12-11(3)15(17)18-14(12)8-9/h5,8,12-14,16H,3-4,6-7H2,1-2H3. The minimum atomic E-state index is -0.392. The van der Waals surface area contributed by atoms with E-state index in [1.54, 1.807) is 0 Å². The lowest BCUT2D eigenvalue weighted by Gasteiger charge is -2.18. The van der Waals surface area contributed by atoms with E-state index in [4.69, 9.17) is 4.74 Å².